The van der Waals surface area contributed by atoms with Gasteiger partial charge < -0.3 is 19.2 Å². The fourth-order valence-electron chi connectivity index (χ4n) is 3.22. The van der Waals surface area contributed by atoms with Gasteiger partial charge in [-0.05, 0) is 29.8 Å². The number of hydrogen-bond acceptors (Lipinski definition) is 5. The number of benzene rings is 3. The SMILES string of the molecule is COc1cc2c(cc1NC(=O)COC(=O)Cc1cccc(F)c1)oc1ccccc12. The lowest BCUT2D eigenvalue weighted by Crippen LogP contribution is -2.22. The van der Waals surface area contributed by atoms with E-state index in [4.69, 9.17) is 13.9 Å². The standard InChI is InChI=1S/C23H18FNO5/c1-28-21-11-17-16-7-2-3-8-19(16)30-20(17)12-18(21)25-22(26)13-29-23(27)10-14-5-4-6-15(24)9-14/h2-9,11-12H,10,13H2,1H3,(H,25,26). The number of methoxy groups -OCH3 is 1. The highest BCUT2D eigenvalue weighted by Crippen LogP contribution is 2.36. The summed E-state index contributed by atoms with van der Waals surface area (Å²) in [6, 6.07) is 16.7. The maximum absolute atomic E-state index is 13.2. The third kappa shape index (κ3) is 4.10. The second-order valence-electron chi connectivity index (χ2n) is 6.66. The van der Waals surface area contributed by atoms with Crippen LogP contribution in [0, 0.1) is 5.82 Å². The molecule has 0 saturated heterocycles. The highest BCUT2D eigenvalue weighted by atomic mass is 19.1. The number of rotatable bonds is 6. The number of halogens is 1. The smallest absolute Gasteiger partial charge is 0.310 e. The number of hydrogen-bond donors (Lipinski definition) is 1. The van der Waals surface area contributed by atoms with Gasteiger partial charge in [0, 0.05) is 16.8 Å². The number of anilines is 1. The molecule has 6 nitrogen and oxygen atoms in total. The molecule has 1 heterocycles. The number of carbonyl (C=O) groups excluding carboxylic acids is 2. The van der Waals surface area contributed by atoms with E-state index in [9.17, 15) is 14.0 Å². The van der Waals surface area contributed by atoms with Crippen molar-refractivity contribution in [3.05, 3.63) is 72.0 Å². The minimum absolute atomic E-state index is 0.126. The number of amides is 1. The molecule has 0 radical (unpaired) electrons. The maximum atomic E-state index is 13.2. The summed E-state index contributed by atoms with van der Waals surface area (Å²) in [7, 11) is 1.50. The average molecular weight is 407 g/mol. The second-order valence-corrected chi connectivity index (χ2v) is 6.66. The Morgan fingerprint density at radius 1 is 1.00 bits per heavy atom. The van der Waals surface area contributed by atoms with Gasteiger partial charge in [-0.2, -0.15) is 0 Å². The quantitative estimate of drug-likeness (QED) is 0.478. The predicted octanol–water partition coefficient (Wildman–Crippen LogP) is 4.46. The topological polar surface area (TPSA) is 77.8 Å². The Hall–Kier alpha value is -3.87. The van der Waals surface area contributed by atoms with Gasteiger partial charge in [0.1, 0.15) is 22.7 Å². The van der Waals surface area contributed by atoms with Gasteiger partial charge in [0.2, 0.25) is 0 Å². The summed E-state index contributed by atoms with van der Waals surface area (Å²) in [6.07, 6.45) is -0.126. The Labute approximate surface area is 171 Å². The van der Waals surface area contributed by atoms with E-state index in [1.54, 1.807) is 18.2 Å². The van der Waals surface area contributed by atoms with Crippen LogP contribution in [-0.2, 0) is 20.7 Å². The molecule has 0 unspecified atom stereocenters. The molecule has 3 aromatic carbocycles. The molecule has 0 bridgehead atoms. The van der Waals surface area contributed by atoms with Crippen molar-refractivity contribution in [2.45, 2.75) is 6.42 Å². The zero-order valence-electron chi connectivity index (χ0n) is 16.1. The van der Waals surface area contributed by atoms with Crippen LogP contribution in [0.1, 0.15) is 5.56 Å². The number of esters is 1. The van der Waals surface area contributed by atoms with Crippen molar-refractivity contribution in [3.8, 4) is 5.75 Å². The zero-order chi connectivity index (χ0) is 21.1. The van der Waals surface area contributed by atoms with Gasteiger partial charge in [-0.15, -0.1) is 0 Å². The number of fused-ring (bicyclic) bond motifs is 3. The molecule has 0 aliphatic carbocycles. The first kappa shape index (κ1) is 19.4. The third-order valence-electron chi connectivity index (χ3n) is 4.57. The first-order valence-electron chi connectivity index (χ1n) is 9.22. The highest BCUT2D eigenvalue weighted by molar-refractivity contribution is 6.07. The monoisotopic (exact) mass is 407 g/mol. The molecule has 1 aromatic heterocycles. The first-order valence-corrected chi connectivity index (χ1v) is 9.22. The van der Waals surface area contributed by atoms with Crippen molar-refractivity contribution < 1.29 is 27.9 Å². The molecule has 1 amide bonds. The molecular formula is C23H18FNO5. The Morgan fingerprint density at radius 2 is 1.83 bits per heavy atom. The van der Waals surface area contributed by atoms with Gasteiger partial charge in [-0.1, -0.05) is 30.3 Å². The van der Waals surface area contributed by atoms with Gasteiger partial charge in [0.15, 0.2) is 6.61 Å². The van der Waals surface area contributed by atoms with Crippen molar-refractivity contribution in [2.24, 2.45) is 0 Å². The Morgan fingerprint density at radius 3 is 2.63 bits per heavy atom. The fourth-order valence-corrected chi connectivity index (χ4v) is 3.22. The van der Waals surface area contributed by atoms with E-state index in [-0.39, 0.29) is 6.42 Å². The number of nitrogens with one attached hydrogen (secondary N) is 1. The summed E-state index contributed by atoms with van der Waals surface area (Å²) in [5, 5.41) is 4.47. The molecule has 1 N–H and O–H groups in total. The number of ether oxygens (including phenoxy) is 2. The normalized spacial score (nSPS) is 10.9. The van der Waals surface area contributed by atoms with Crippen LogP contribution in [0.2, 0.25) is 0 Å². The van der Waals surface area contributed by atoms with E-state index in [2.05, 4.69) is 5.32 Å². The summed E-state index contributed by atoms with van der Waals surface area (Å²) < 4.78 is 29.4. The van der Waals surface area contributed by atoms with E-state index in [0.29, 0.717) is 22.6 Å². The Kier molecular flexibility index (Phi) is 5.34. The summed E-state index contributed by atoms with van der Waals surface area (Å²) in [4.78, 5) is 24.2. The lowest BCUT2D eigenvalue weighted by atomic mass is 10.1. The van der Waals surface area contributed by atoms with Crippen LogP contribution < -0.4 is 10.1 Å². The molecule has 4 aromatic rings. The van der Waals surface area contributed by atoms with Crippen molar-refractivity contribution in [1.82, 2.24) is 0 Å². The van der Waals surface area contributed by atoms with Gasteiger partial charge in [0.25, 0.3) is 5.91 Å². The third-order valence-corrected chi connectivity index (χ3v) is 4.57. The Balaban J connectivity index is 1.44. The number of furan rings is 1. The van der Waals surface area contributed by atoms with Crippen LogP contribution in [-0.4, -0.2) is 25.6 Å². The largest absolute Gasteiger partial charge is 0.495 e. The summed E-state index contributed by atoms with van der Waals surface area (Å²) in [5.74, 6) is -1.15. The fraction of sp³-hybridized carbons (Fsp3) is 0.130. The summed E-state index contributed by atoms with van der Waals surface area (Å²) in [5.41, 5.74) is 2.19. The molecule has 30 heavy (non-hydrogen) atoms. The van der Waals surface area contributed by atoms with Crippen LogP contribution in [0.5, 0.6) is 5.75 Å². The highest BCUT2D eigenvalue weighted by Gasteiger charge is 2.15. The molecule has 0 atom stereocenters. The van der Waals surface area contributed by atoms with Crippen molar-refractivity contribution in [2.75, 3.05) is 19.0 Å². The lowest BCUT2D eigenvalue weighted by molar-refractivity contribution is -0.146. The number of carbonyl (C=O) groups is 2. The minimum Gasteiger partial charge on any atom is -0.495 e. The first-order chi connectivity index (χ1) is 14.5. The van der Waals surface area contributed by atoms with Crippen molar-refractivity contribution >= 4 is 39.5 Å². The second kappa shape index (κ2) is 8.24. The van der Waals surface area contributed by atoms with E-state index in [1.165, 1.54) is 25.3 Å². The van der Waals surface area contributed by atoms with Crippen LogP contribution >= 0.6 is 0 Å². The molecular weight excluding hydrogens is 389 g/mol. The lowest BCUT2D eigenvalue weighted by Gasteiger charge is -2.11. The average Bonchev–Trinajstić information content (AvgIpc) is 3.09. The minimum atomic E-state index is -0.629. The van der Waals surface area contributed by atoms with Gasteiger partial charge in [-0.3, -0.25) is 9.59 Å². The zero-order valence-corrected chi connectivity index (χ0v) is 16.1. The van der Waals surface area contributed by atoms with Crippen LogP contribution in [0.25, 0.3) is 21.9 Å². The maximum Gasteiger partial charge on any atom is 0.310 e. The molecule has 0 saturated carbocycles. The molecule has 152 valence electrons. The molecule has 7 heteroatoms. The summed E-state index contributed by atoms with van der Waals surface area (Å²) >= 11 is 0. The van der Waals surface area contributed by atoms with Crippen molar-refractivity contribution in [3.63, 3.8) is 0 Å². The van der Waals surface area contributed by atoms with E-state index in [1.807, 2.05) is 24.3 Å². The molecule has 0 fully saturated rings. The molecule has 4 rings (SSSR count). The molecule has 0 spiro atoms. The Bertz CT molecular complexity index is 1250. The van der Waals surface area contributed by atoms with E-state index < -0.39 is 24.3 Å². The predicted molar refractivity (Wildman–Crippen MR) is 110 cm³/mol. The van der Waals surface area contributed by atoms with Crippen molar-refractivity contribution in [1.29, 1.82) is 0 Å². The molecule has 0 aliphatic rings. The van der Waals surface area contributed by atoms with Gasteiger partial charge in [0.05, 0.1) is 19.2 Å². The van der Waals surface area contributed by atoms with E-state index >= 15 is 0 Å². The van der Waals surface area contributed by atoms with Gasteiger partial charge >= 0.3 is 5.97 Å². The number of para-hydroxylation sites is 1. The van der Waals surface area contributed by atoms with Crippen LogP contribution in [0.4, 0.5) is 10.1 Å². The van der Waals surface area contributed by atoms with Crippen LogP contribution in [0.15, 0.2) is 65.1 Å². The summed E-state index contributed by atoms with van der Waals surface area (Å²) in [6.45, 7) is -0.477. The molecule has 0 aliphatic heterocycles. The van der Waals surface area contributed by atoms with E-state index in [0.717, 1.165) is 16.4 Å². The van der Waals surface area contributed by atoms with Gasteiger partial charge in [-0.25, -0.2) is 4.39 Å². The van der Waals surface area contributed by atoms with Crippen LogP contribution in [0.3, 0.4) is 0 Å².